The third kappa shape index (κ3) is 3.52. The summed E-state index contributed by atoms with van der Waals surface area (Å²) in [7, 11) is 0. The van der Waals surface area contributed by atoms with Crippen molar-refractivity contribution in [3.8, 4) is 11.4 Å². The minimum absolute atomic E-state index is 0.193. The summed E-state index contributed by atoms with van der Waals surface area (Å²) in [6.45, 7) is 2.51. The van der Waals surface area contributed by atoms with Gasteiger partial charge in [0, 0.05) is 11.3 Å². The average Bonchev–Trinajstić information content (AvgIpc) is 3.11. The lowest BCUT2D eigenvalue weighted by atomic mass is 10.2. The third-order valence-corrected chi connectivity index (χ3v) is 3.15. The fourth-order valence-electron chi connectivity index (χ4n) is 2.08. The fourth-order valence-corrected chi connectivity index (χ4v) is 2.08. The molecule has 1 heterocycles. The Morgan fingerprint density at radius 1 is 1.22 bits per heavy atom. The lowest BCUT2D eigenvalue weighted by Crippen LogP contribution is -2.12. The number of rotatable bonds is 5. The van der Waals surface area contributed by atoms with Crippen LogP contribution in [0.25, 0.3) is 5.69 Å². The van der Waals surface area contributed by atoms with E-state index in [4.69, 9.17) is 4.74 Å². The van der Waals surface area contributed by atoms with Crippen LogP contribution in [0.5, 0.6) is 5.75 Å². The van der Waals surface area contributed by atoms with Gasteiger partial charge in [-0.1, -0.05) is 6.07 Å². The first-order valence-electron chi connectivity index (χ1n) is 7.14. The standard InChI is InChI=1S/C16H15N5O2/c1-2-23-15-8-6-12(7-9-15)16(22)18-13-4-3-5-14(10-13)21-11-17-19-20-21/h3-11H,2H2,1H3,(H,18,22). The molecule has 0 saturated heterocycles. The number of hydrogen-bond acceptors (Lipinski definition) is 5. The van der Waals surface area contributed by atoms with Gasteiger partial charge in [-0.05, 0) is 59.8 Å². The van der Waals surface area contributed by atoms with Crippen LogP contribution in [0.15, 0.2) is 54.9 Å². The van der Waals surface area contributed by atoms with Crippen LogP contribution in [0.4, 0.5) is 5.69 Å². The topological polar surface area (TPSA) is 81.9 Å². The number of amides is 1. The first-order valence-corrected chi connectivity index (χ1v) is 7.14. The van der Waals surface area contributed by atoms with Gasteiger partial charge in [-0.2, -0.15) is 0 Å². The number of nitrogens with zero attached hydrogens (tertiary/aromatic N) is 4. The normalized spacial score (nSPS) is 10.3. The van der Waals surface area contributed by atoms with Crippen LogP contribution >= 0.6 is 0 Å². The summed E-state index contributed by atoms with van der Waals surface area (Å²) < 4.78 is 6.88. The number of aromatic nitrogens is 4. The molecule has 1 N–H and O–H groups in total. The van der Waals surface area contributed by atoms with Gasteiger partial charge in [0.2, 0.25) is 0 Å². The van der Waals surface area contributed by atoms with Crippen LogP contribution in [-0.2, 0) is 0 Å². The number of benzene rings is 2. The number of anilines is 1. The maximum Gasteiger partial charge on any atom is 0.255 e. The smallest absolute Gasteiger partial charge is 0.255 e. The molecule has 2 aromatic carbocycles. The predicted molar refractivity (Wildman–Crippen MR) is 84.7 cm³/mol. The van der Waals surface area contributed by atoms with Gasteiger partial charge in [-0.15, -0.1) is 5.10 Å². The highest BCUT2D eigenvalue weighted by Crippen LogP contribution is 2.16. The third-order valence-electron chi connectivity index (χ3n) is 3.15. The highest BCUT2D eigenvalue weighted by molar-refractivity contribution is 6.04. The molecule has 1 amide bonds. The van der Waals surface area contributed by atoms with Crippen molar-refractivity contribution in [1.29, 1.82) is 0 Å². The molecule has 0 spiro atoms. The summed E-state index contributed by atoms with van der Waals surface area (Å²) in [5.74, 6) is 0.548. The number of nitrogens with one attached hydrogen (secondary N) is 1. The second-order valence-corrected chi connectivity index (χ2v) is 4.72. The van der Waals surface area contributed by atoms with Crippen molar-refractivity contribution in [2.75, 3.05) is 11.9 Å². The molecular formula is C16H15N5O2. The summed E-state index contributed by atoms with van der Waals surface area (Å²) in [5, 5.41) is 13.9. The van der Waals surface area contributed by atoms with Gasteiger partial charge in [-0.3, -0.25) is 4.79 Å². The Hall–Kier alpha value is -3.22. The quantitative estimate of drug-likeness (QED) is 0.782. The molecule has 0 atom stereocenters. The van der Waals surface area contributed by atoms with E-state index in [2.05, 4.69) is 20.8 Å². The Morgan fingerprint density at radius 3 is 2.74 bits per heavy atom. The highest BCUT2D eigenvalue weighted by Gasteiger charge is 2.07. The molecule has 3 aromatic rings. The lowest BCUT2D eigenvalue weighted by Gasteiger charge is -2.08. The molecule has 0 radical (unpaired) electrons. The minimum Gasteiger partial charge on any atom is -0.494 e. The van der Waals surface area contributed by atoms with E-state index in [-0.39, 0.29) is 5.91 Å². The van der Waals surface area contributed by atoms with E-state index in [0.29, 0.717) is 17.9 Å². The zero-order chi connectivity index (χ0) is 16.1. The molecule has 0 aliphatic heterocycles. The van der Waals surface area contributed by atoms with Crippen LogP contribution in [0.3, 0.4) is 0 Å². The second-order valence-electron chi connectivity index (χ2n) is 4.72. The van der Waals surface area contributed by atoms with Crippen molar-refractivity contribution in [2.24, 2.45) is 0 Å². The molecule has 0 aliphatic carbocycles. The van der Waals surface area contributed by atoms with E-state index in [1.807, 2.05) is 19.1 Å². The predicted octanol–water partition coefficient (Wildman–Crippen LogP) is 2.31. The van der Waals surface area contributed by atoms with Gasteiger partial charge in [0.25, 0.3) is 5.91 Å². The van der Waals surface area contributed by atoms with Crippen LogP contribution in [-0.4, -0.2) is 32.7 Å². The molecule has 116 valence electrons. The molecule has 0 unspecified atom stereocenters. The number of carbonyl (C=O) groups is 1. The van der Waals surface area contributed by atoms with Gasteiger partial charge in [0.1, 0.15) is 12.1 Å². The van der Waals surface area contributed by atoms with Crippen LogP contribution < -0.4 is 10.1 Å². The molecule has 0 fully saturated rings. The Labute approximate surface area is 132 Å². The molecule has 3 rings (SSSR count). The van der Waals surface area contributed by atoms with Gasteiger partial charge in [-0.25, -0.2) is 4.68 Å². The number of ether oxygens (including phenoxy) is 1. The van der Waals surface area contributed by atoms with E-state index in [1.165, 1.54) is 11.0 Å². The second kappa shape index (κ2) is 6.69. The summed E-state index contributed by atoms with van der Waals surface area (Å²) in [5.41, 5.74) is 1.98. The molecule has 0 bridgehead atoms. The van der Waals surface area contributed by atoms with Crippen molar-refractivity contribution in [3.05, 3.63) is 60.4 Å². The van der Waals surface area contributed by atoms with Crippen molar-refractivity contribution in [2.45, 2.75) is 6.92 Å². The Bertz CT molecular complexity index is 784. The number of carbonyl (C=O) groups excluding carboxylic acids is 1. The number of hydrogen-bond donors (Lipinski definition) is 1. The zero-order valence-corrected chi connectivity index (χ0v) is 12.5. The highest BCUT2D eigenvalue weighted by atomic mass is 16.5. The van der Waals surface area contributed by atoms with Gasteiger partial charge in [0.05, 0.1) is 12.3 Å². The van der Waals surface area contributed by atoms with Gasteiger partial charge in [0.15, 0.2) is 0 Å². The van der Waals surface area contributed by atoms with Gasteiger partial charge >= 0.3 is 0 Å². The summed E-state index contributed by atoms with van der Waals surface area (Å²) >= 11 is 0. The first kappa shape index (κ1) is 14.7. The van der Waals surface area contributed by atoms with Crippen LogP contribution in [0.2, 0.25) is 0 Å². The summed E-state index contributed by atoms with van der Waals surface area (Å²) in [4.78, 5) is 12.3. The van der Waals surface area contributed by atoms with Crippen molar-refractivity contribution >= 4 is 11.6 Å². The van der Waals surface area contributed by atoms with E-state index in [0.717, 1.165) is 11.4 Å². The largest absolute Gasteiger partial charge is 0.494 e. The molecule has 23 heavy (non-hydrogen) atoms. The van der Waals surface area contributed by atoms with Crippen LogP contribution in [0, 0.1) is 0 Å². The molecule has 1 aromatic heterocycles. The Balaban J connectivity index is 1.73. The SMILES string of the molecule is CCOc1ccc(C(=O)Nc2cccc(-n3cnnn3)c2)cc1. The fraction of sp³-hybridized carbons (Fsp3) is 0.125. The van der Waals surface area contributed by atoms with Crippen molar-refractivity contribution < 1.29 is 9.53 Å². The van der Waals surface area contributed by atoms with Crippen molar-refractivity contribution in [3.63, 3.8) is 0 Å². The number of tetrazole rings is 1. The van der Waals surface area contributed by atoms with Crippen molar-refractivity contribution in [1.82, 2.24) is 20.2 Å². The summed E-state index contributed by atoms with van der Waals surface area (Å²) in [6.07, 6.45) is 1.49. The van der Waals surface area contributed by atoms with E-state index in [9.17, 15) is 4.79 Å². The Morgan fingerprint density at radius 2 is 2.04 bits per heavy atom. The van der Waals surface area contributed by atoms with Gasteiger partial charge < -0.3 is 10.1 Å². The first-order chi connectivity index (χ1) is 11.3. The minimum atomic E-state index is -0.193. The molecule has 0 aliphatic rings. The summed E-state index contributed by atoms with van der Waals surface area (Å²) in [6, 6.07) is 14.3. The zero-order valence-electron chi connectivity index (χ0n) is 12.5. The maximum absolute atomic E-state index is 12.3. The monoisotopic (exact) mass is 309 g/mol. The van der Waals surface area contributed by atoms with E-state index >= 15 is 0 Å². The Kier molecular flexibility index (Phi) is 4.28. The van der Waals surface area contributed by atoms with E-state index in [1.54, 1.807) is 36.4 Å². The van der Waals surface area contributed by atoms with Crippen LogP contribution in [0.1, 0.15) is 17.3 Å². The molecule has 7 heteroatoms. The molecule has 0 saturated carbocycles. The molecular weight excluding hydrogens is 294 g/mol. The van der Waals surface area contributed by atoms with E-state index < -0.39 is 0 Å². The lowest BCUT2D eigenvalue weighted by molar-refractivity contribution is 0.102. The maximum atomic E-state index is 12.3. The molecule has 7 nitrogen and oxygen atoms in total. The average molecular weight is 309 g/mol.